The van der Waals surface area contributed by atoms with Crippen molar-refractivity contribution >= 4 is 0 Å². The van der Waals surface area contributed by atoms with Crippen LogP contribution in [0.25, 0.3) is 0 Å². The molecule has 0 bridgehead atoms. The van der Waals surface area contributed by atoms with E-state index in [4.69, 9.17) is 0 Å². The molecule has 0 saturated heterocycles. The summed E-state index contributed by atoms with van der Waals surface area (Å²) in [5.74, 6) is 0. The van der Waals surface area contributed by atoms with Crippen LogP contribution in [0, 0.1) is 0 Å². The molecule has 21 heavy (non-hydrogen) atoms. The van der Waals surface area contributed by atoms with E-state index in [1.54, 1.807) is 0 Å². The zero-order valence-electron chi connectivity index (χ0n) is 11.9. The van der Waals surface area contributed by atoms with Gasteiger partial charge in [-0.1, -0.05) is 66.7 Å². The topological polar surface area (TPSA) is 52.5 Å². The number of aliphatic hydroxyl groups is 2. The number of aliphatic hydroxyl groups excluding tert-OH is 2. The van der Waals surface area contributed by atoms with Crippen molar-refractivity contribution in [2.45, 2.75) is 18.2 Å². The van der Waals surface area contributed by atoms with Gasteiger partial charge in [-0.3, -0.25) is 0 Å². The zero-order valence-corrected chi connectivity index (χ0v) is 11.9. The third kappa shape index (κ3) is 4.26. The first-order chi connectivity index (χ1) is 10.2. The molecule has 0 unspecified atom stereocenters. The summed E-state index contributed by atoms with van der Waals surface area (Å²) >= 11 is 0. The van der Waals surface area contributed by atoms with Gasteiger partial charge in [0.05, 0.1) is 18.2 Å². The molecule has 2 rings (SSSR count). The Bertz CT molecular complexity index is 502. The zero-order chi connectivity index (χ0) is 15.1. The lowest BCUT2D eigenvalue weighted by Crippen LogP contribution is -2.37. The highest BCUT2D eigenvalue weighted by Gasteiger charge is 2.17. The second kappa shape index (κ2) is 7.74. The van der Waals surface area contributed by atoms with Gasteiger partial charge >= 0.3 is 0 Å². The average molecular weight is 283 g/mol. The molecule has 0 aromatic heterocycles. The molecule has 2 aromatic carbocycles. The van der Waals surface area contributed by atoms with E-state index >= 15 is 0 Å². The molecule has 0 saturated carbocycles. The molecule has 0 aliphatic carbocycles. The fourth-order valence-electron chi connectivity index (χ4n) is 2.24. The molecule has 2 aromatic rings. The maximum absolute atomic E-state index is 9.88. The van der Waals surface area contributed by atoms with Crippen molar-refractivity contribution < 1.29 is 10.2 Å². The van der Waals surface area contributed by atoms with Crippen LogP contribution in [0.3, 0.4) is 0 Å². The van der Waals surface area contributed by atoms with E-state index in [1.165, 1.54) is 6.08 Å². The lowest BCUT2D eigenvalue weighted by molar-refractivity contribution is 0.0481. The summed E-state index contributed by atoms with van der Waals surface area (Å²) in [6.07, 6.45) is -0.464. The fraction of sp³-hybridized carbons (Fsp3) is 0.222. The molecule has 3 N–H and O–H groups in total. The van der Waals surface area contributed by atoms with Crippen LogP contribution in [-0.4, -0.2) is 29.0 Å². The Morgan fingerprint density at radius 2 is 1.38 bits per heavy atom. The smallest absolute Gasteiger partial charge is 0.0989 e. The van der Waals surface area contributed by atoms with E-state index in [9.17, 15) is 10.2 Å². The lowest BCUT2D eigenvalue weighted by atomic mass is 9.98. The van der Waals surface area contributed by atoms with Gasteiger partial charge in [0, 0.05) is 6.54 Å². The molecule has 0 fully saturated rings. The van der Waals surface area contributed by atoms with Gasteiger partial charge in [0.2, 0.25) is 0 Å². The molecular formula is C18H21NO2. The highest BCUT2D eigenvalue weighted by atomic mass is 16.3. The second-order valence-electron chi connectivity index (χ2n) is 4.96. The normalized spacial score (nSPS) is 13.9. The Hall–Kier alpha value is -1.94. The summed E-state index contributed by atoms with van der Waals surface area (Å²) in [6.45, 7) is 3.77. The van der Waals surface area contributed by atoms with Gasteiger partial charge in [0.25, 0.3) is 0 Å². The largest absolute Gasteiger partial charge is 0.389 e. The number of benzene rings is 2. The number of nitrogens with one attached hydrogen (secondary N) is 1. The van der Waals surface area contributed by atoms with Crippen LogP contribution in [0.15, 0.2) is 73.3 Å². The second-order valence-corrected chi connectivity index (χ2v) is 4.96. The van der Waals surface area contributed by atoms with Crippen LogP contribution in [0.5, 0.6) is 0 Å². The van der Waals surface area contributed by atoms with Crippen molar-refractivity contribution in [1.82, 2.24) is 5.32 Å². The van der Waals surface area contributed by atoms with E-state index in [-0.39, 0.29) is 12.6 Å². The first-order valence-corrected chi connectivity index (χ1v) is 7.04. The molecule has 3 nitrogen and oxygen atoms in total. The van der Waals surface area contributed by atoms with Crippen molar-refractivity contribution in [1.29, 1.82) is 0 Å². The Labute approximate surface area is 125 Å². The monoisotopic (exact) mass is 283 g/mol. The van der Waals surface area contributed by atoms with Gasteiger partial charge in [0.15, 0.2) is 0 Å². The molecule has 0 aliphatic heterocycles. The van der Waals surface area contributed by atoms with Crippen LogP contribution >= 0.6 is 0 Å². The van der Waals surface area contributed by atoms with Crippen LogP contribution in [0.1, 0.15) is 17.2 Å². The van der Waals surface area contributed by atoms with E-state index in [0.717, 1.165) is 11.1 Å². The average Bonchev–Trinajstić information content (AvgIpc) is 2.56. The highest BCUT2D eigenvalue weighted by Crippen LogP contribution is 2.21. The van der Waals surface area contributed by atoms with Crippen LogP contribution in [-0.2, 0) is 0 Å². The third-order valence-corrected chi connectivity index (χ3v) is 3.43. The van der Waals surface area contributed by atoms with Crippen LogP contribution in [0.2, 0.25) is 0 Å². The summed E-state index contributed by atoms with van der Waals surface area (Å²) < 4.78 is 0. The molecule has 0 heterocycles. The van der Waals surface area contributed by atoms with Crippen molar-refractivity contribution in [2.75, 3.05) is 6.54 Å². The Morgan fingerprint density at radius 3 is 1.81 bits per heavy atom. The van der Waals surface area contributed by atoms with E-state index < -0.39 is 12.2 Å². The van der Waals surface area contributed by atoms with E-state index in [2.05, 4.69) is 11.9 Å². The van der Waals surface area contributed by atoms with Crippen LogP contribution < -0.4 is 5.32 Å². The first kappa shape index (κ1) is 15.4. The Morgan fingerprint density at radius 1 is 0.905 bits per heavy atom. The van der Waals surface area contributed by atoms with Crippen molar-refractivity contribution in [3.05, 3.63) is 84.4 Å². The van der Waals surface area contributed by atoms with Gasteiger partial charge in [0.1, 0.15) is 0 Å². The molecule has 110 valence electrons. The predicted octanol–water partition coefficient (Wildman–Crippen LogP) is 2.27. The summed E-state index contributed by atoms with van der Waals surface area (Å²) in [5, 5.41) is 22.8. The minimum Gasteiger partial charge on any atom is -0.389 e. The maximum Gasteiger partial charge on any atom is 0.0989 e. The van der Waals surface area contributed by atoms with Crippen LogP contribution in [0.4, 0.5) is 0 Å². The maximum atomic E-state index is 9.88. The lowest BCUT2D eigenvalue weighted by Gasteiger charge is -2.23. The number of hydrogen-bond acceptors (Lipinski definition) is 3. The third-order valence-electron chi connectivity index (χ3n) is 3.43. The predicted molar refractivity (Wildman–Crippen MR) is 84.9 cm³/mol. The van der Waals surface area contributed by atoms with Gasteiger partial charge in [-0.2, -0.15) is 0 Å². The summed E-state index contributed by atoms with van der Waals surface area (Å²) in [7, 11) is 0. The van der Waals surface area contributed by atoms with E-state index in [1.807, 2.05) is 60.7 Å². The Balaban J connectivity index is 2.16. The first-order valence-electron chi connectivity index (χ1n) is 7.04. The molecule has 0 spiro atoms. The minimum atomic E-state index is -0.926. The van der Waals surface area contributed by atoms with Gasteiger partial charge in [-0.25, -0.2) is 0 Å². The van der Waals surface area contributed by atoms with E-state index in [0.29, 0.717) is 0 Å². The summed E-state index contributed by atoms with van der Waals surface area (Å²) in [4.78, 5) is 0. The number of hydrogen-bond donors (Lipinski definition) is 3. The molecule has 0 aliphatic rings. The molecule has 0 radical (unpaired) electrons. The highest BCUT2D eigenvalue weighted by molar-refractivity contribution is 5.31. The Kier molecular flexibility index (Phi) is 5.69. The van der Waals surface area contributed by atoms with Crippen molar-refractivity contribution in [3.63, 3.8) is 0 Å². The van der Waals surface area contributed by atoms with Gasteiger partial charge in [-0.05, 0) is 11.1 Å². The summed E-state index contributed by atoms with van der Waals surface area (Å²) in [6, 6.07) is 20.0. The van der Waals surface area contributed by atoms with Gasteiger partial charge < -0.3 is 15.5 Å². The molecule has 0 amide bonds. The van der Waals surface area contributed by atoms with Crippen molar-refractivity contribution in [3.8, 4) is 0 Å². The standard InChI is InChI=1S/C18H21NO2/c1-2-16(20)17(21)13-19-18(14-9-5-3-6-10-14)15-11-7-4-8-12-15/h2-12,16-21H,1,13H2/t16-,17-/m0/s1. The summed E-state index contributed by atoms with van der Waals surface area (Å²) in [5.41, 5.74) is 2.23. The minimum absolute atomic E-state index is 0.0286. The fourth-order valence-corrected chi connectivity index (χ4v) is 2.24. The quantitative estimate of drug-likeness (QED) is 0.683. The molecule has 2 atom stereocenters. The van der Waals surface area contributed by atoms with Gasteiger partial charge in [-0.15, -0.1) is 6.58 Å². The molecular weight excluding hydrogens is 262 g/mol. The number of rotatable bonds is 7. The molecule has 3 heteroatoms. The van der Waals surface area contributed by atoms with Crippen molar-refractivity contribution in [2.24, 2.45) is 0 Å². The SMILES string of the molecule is C=C[C@H](O)[C@@H](O)CNC(c1ccccc1)c1ccccc1.